The summed E-state index contributed by atoms with van der Waals surface area (Å²) in [6.45, 7) is 10.6. The summed E-state index contributed by atoms with van der Waals surface area (Å²) in [5.41, 5.74) is 3.94. The molecule has 0 saturated carbocycles. The minimum absolute atomic E-state index is 0.162. The van der Waals surface area contributed by atoms with Gasteiger partial charge in [-0.1, -0.05) is 18.2 Å². The van der Waals surface area contributed by atoms with Gasteiger partial charge in [0, 0.05) is 42.2 Å². The molecule has 2 aromatic rings. The summed E-state index contributed by atoms with van der Waals surface area (Å²) in [6.07, 6.45) is 3.23. The minimum Gasteiger partial charge on any atom is -0.496 e. The Morgan fingerprint density at radius 1 is 1.17 bits per heavy atom. The molecule has 2 rings (SSSR count). The summed E-state index contributed by atoms with van der Waals surface area (Å²) >= 11 is 0. The maximum atomic E-state index is 12.9. The van der Waals surface area contributed by atoms with E-state index in [1.54, 1.807) is 32.1 Å². The average molecular weight is 413 g/mol. The molecule has 1 heterocycles. The van der Waals surface area contributed by atoms with Gasteiger partial charge in [0.2, 0.25) is 5.91 Å². The van der Waals surface area contributed by atoms with Gasteiger partial charge in [-0.05, 0) is 46.8 Å². The highest BCUT2D eigenvalue weighted by Gasteiger charge is 2.23. The fourth-order valence-corrected chi connectivity index (χ4v) is 3.73. The Hall–Kier alpha value is -3.02. The Morgan fingerprint density at radius 2 is 1.83 bits per heavy atom. The lowest BCUT2D eigenvalue weighted by Gasteiger charge is -2.25. The van der Waals surface area contributed by atoms with Gasteiger partial charge in [0.15, 0.2) is 0 Å². The monoisotopic (exact) mass is 412 g/mol. The number of esters is 1. The number of hydrogen-bond acceptors (Lipinski definition) is 4. The SMILES string of the molecule is CCOC(=O)c1c(/C=C/C(=O)N(C)C(C)c2ccccc2OC)c(C)n(CC)c1C. The van der Waals surface area contributed by atoms with Crippen LogP contribution in [0.5, 0.6) is 5.75 Å². The first-order valence-electron chi connectivity index (χ1n) is 10.2. The quantitative estimate of drug-likeness (QED) is 0.472. The predicted octanol–water partition coefficient (Wildman–Crippen LogP) is 4.54. The Bertz CT molecular complexity index is 943. The van der Waals surface area contributed by atoms with Gasteiger partial charge in [-0.3, -0.25) is 4.79 Å². The van der Waals surface area contributed by atoms with E-state index < -0.39 is 0 Å². The topological polar surface area (TPSA) is 60.8 Å². The van der Waals surface area contributed by atoms with Crippen molar-refractivity contribution in [1.82, 2.24) is 9.47 Å². The third-order valence-electron chi connectivity index (χ3n) is 5.54. The zero-order chi connectivity index (χ0) is 22.4. The van der Waals surface area contributed by atoms with Crippen molar-refractivity contribution in [2.24, 2.45) is 0 Å². The average Bonchev–Trinajstić information content (AvgIpc) is 2.99. The van der Waals surface area contributed by atoms with Crippen LogP contribution in [-0.4, -0.2) is 42.1 Å². The van der Waals surface area contributed by atoms with Crippen LogP contribution in [0.15, 0.2) is 30.3 Å². The number of rotatable bonds is 8. The van der Waals surface area contributed by atoms with Crippen molar-refractivity contribution in [3.8, 4) is 5.75 Å². The zero-order valence-electron chi connectivity index (χ0n) is 19.0. The van der Waals surface area contributed by atoms with Gasteiger partial charge in [0.05, 0.1) is 25.3 Å². The number of methoxy groups -OCH3 is 1. The molecule has 6 heteroatoms. The van der Waals surface area contributed by atoms with Gasteiger partial charge in [0.1, 0.15) is 5.75 Å². The van der Waals surface area contributed by atoms with Crippen LogP contribution in [0.2, 0.25) is 0 Å². The summed E-state index contributed by atoms with van der Waals surface area (Å²) in [4.78, 5) is 27.1. The molecule has 0 saturated heterocycles. The van der Waals surface area contributed by atoms with E-state index in [4.69, 9.17) is 9.47 Å². The molecule has 0 spiro atoms. The van der Waals surface area contributed by atoms with E-state index in [2.05, 4.69) is 4.57 Å². The van der Waals surface area contributed by atoms with Crippen LogP contribution < -0.4 is 4.74 Å². The number of benzene rings is 1. The van der Waals surface area contributed by atoms with Crippen molar-refractivity contribution in [1.29, 1.82) is 0 Å². The van der Waals surface area contributed by atoms with E-state index in [1.165, 1.54) is 6.08 Å². The van der Waals surface area contributed by atoms with Crippen molar-refractivity contribution in [3.63, 3.8) is 0 Å². The second kappa shape index (κ2) is 10.1. The summed E-state index contributed by atoms with van der Waals surface area (Å²) in [7, 11) is 3.37. The molecule has 162 valence electrons. The van der Waals surface area contributed by atoms with Crippen LogP contribution in [0, 0.1) is 13.8 Å². The van der Waals surface area contributed by atoms with E-state index in [0.717, 1.165) is 34.8 Å². The van der Waals surface area contributed by atoms with Crippen molar-refractivity contribution >= 4 is 18.0 Å². The highest BCUT2D eigenvalue weighted by atomic mass is 16.5. The Labute approximate surface area is 179 Å². The maximum Gasteiger partial charge on any atom is 0.340 e. The number of nitrogens with zero attached hydrogens (tertiary/aromatic N) is 2. The number of carbonyl (C=O) groups is 2. The number of para-hydroxylation sites is 1. The molecule has 0 aliphatic heterocycles. The second-order valence-corrected chi connectivity index (χ2v) is 7.12. The number of ether oxygens (including phenoxy) is 2. The number of likely N-dealkylation sites (N-methyl/N-ethyl adjacent to an activating group) is 1. The number of carbonyl (C=O) groups excluding carboxylic acids is 2. The van der Waals surface area contributed by atoms with Gasteiger partial charge in [-0.15, -0.1) is 0 Å². The molecular weight excluding hydrogens is 380 g/mol. The first kappa shape index (κ1) is 23.3. The first-order chi connectivity index (χ1) is 14.3. The molecular formula is C24H32N2O4. The summed E-state index contributed by atoms with van der Waals surface area (Å²) in [5, 5.41) is 0. The molecule has 1 aromatic heterocycles. The van der Waals surface area contributed by atoms with Crippen LogP contribution in [0.1, 0.15) is 59.7 Å². The molecule has 1 amide bonds. The van der Waals surface area contributed by atoms with Gasteiger partial charge < -0.3 is 18.9 Å². The molecule has 0 radical (unpaired) electrons. The van der Waals surface area contributed by atoms with E-state index in [-0.39, 0.29) is 17.9 Å². The minimum atomic E-state index is -0.367. The molecule has 1 atom stereocenters. The van der Waals surface area contributed by atoms with Crippen LogP contribution in [0.3, 0.4) is 0 Å². The molecule has 0 fully saturated rings. The normalized spacial score (nSPS) is 12.1. The van der Waals surface area contributed by atoms with E-state index in [0.29, 0.717) is 12.2 Å². The lowest BCUT2D eigenvalue weighted by atomic mass is 10.1. The number of amides is 1. The fraction of sp³-hybridized carbons (Fsp3) is 0.417. The molecule has 0 aliphatic rings. The molecule has 30 heavy (non-hydrogen) atoms. The first-order valence-corrected chi connectivity index (χ1v) is 10.2. The van der Waals surface area contributed by atoms with Crippen molar-refractivity contribution in [3.05, 3.63) is 58.4 Å². The van der Waals surface area contributed by atoms with Crippen LogP contribution in [-0.2, 0) is 16.1 Å². The Balaban J connectivity index is 2.34. The zero-order valence-corrected chi connectivity index (χ0v) is 19.0. The van der Waals surface area contributed by atoms with Crippen LogP contribution in [0.4, 0.5) is 0 Å². The standard InChI is InChI=1S/C24H32N2O4/c1-8-26-17(4)20(23(18(26)5)24(28)30-9-2)14-15-22(27)25(6)16(3)19-12-10-11-13-21(19)29-7/h10-16H,8-9H2,1-7H3/b15-14+. The van der Waals surface area contributed by atoms with Crippen molar-refractivity contribution < 1.29 is 19.1 Å². The Morgan fingerprint density at radius 3 is 2.43 bits per heavy atom. The predicted molar refractivity (Wildman–Crippen MR) is 119 cm³/mol. The molecule has 1 unspecified atom stereocenters. The number of hydrogen-bond donors (Lipinski definition) is 0. The van der Waals surface area contributed by atoms with E-state index in [9.17, 15) is 9.59 Å². The second-order valence-electron chi connectivity index (χ2n) is 7.12. The Kier molecular flexibility index (Phi) is 7.86. The lowest BCUT2D eigenvalue weighted by molar-refractivity contribution is -0.126. The summed E-state index contributed by atoms with van der Waals surface area (Å²) in [6, 6.07) is 7.48. The highest BCUT2D eigenvalue weighted by molar-refractivity contribution is 5.98. The van der Waals surface area contributed by atoms with Crippen molar-refractivity contribution in [2.75, 3.05) is 20.8 Å². The molecule has 1 aromatic carbocycles. The lowest BCUT2D eigenvalue weighted by Crippen LogP contribution is -2.28. The number of aromatic nitrogens is 1. The molecule has 0 N–H and O–H groups in total. The third-order valence-corrected chi connectivity index (χ3v) is 5.54. The van der Waals surface area contributed by atoms with E-state index in [1.807, 2.05) is 52.0 Å². The fourth-order valence-electron chi connectivity index (χ4n) is 3.73. The van der Waals surface area contributed by atoms with Crippen LogP contribution >= 0.6 is 0 Å². The molecule has 0 aliphatic carbocycles. The highest BCUT2D eigenvalue weighted by Crippen LogP contribution is 2.29. The third kappa shape index (κ3) is 4.58. The van der Waals surface area contributed by atoms with E-state index >= 15 is 0 Å². The summed E-state index contributed by atoms with van der Waals surface area (Å²) in [5.74, 6) is 0.211. The smallest absolute Gasteiger partial charge is 0.340 e. The van der Waals surface area contributed by atoms with Gasteiger partial charge >= 0.3 is 5.97 Å². The maximum absolute atomic E-state index is 12.9. The molecule has 6 nitrogen and oxygen atoms in total. The van der Waals surface area contributed by atoms with Crippen LogP contribution in [0.25, 0.3) is 6.08 Å². The van der Waals surface area contributed by atoms with Gasteiger partial charge in [-0.2, -0.15) is 0 Å². The summed E-state index contributed by atoms with van der Waals surface area (Å²) < 4.78 is 12.7. The van der Waals surface area contributed by atoms with Crippen molar-refractivity contribution in [2.45, 2.75) is 47.2 Å². The molecule has 0 bridgehead atoms. The van der Waals surface area contributed by atoms with Gasteiger partial charge in [-0.25, -0.2) is 4.79 Å². The van der Waals surface area contributed by atoms with Gasteiger partial charge in [0.25, 0.3) is 0 Å². The largest absolute Gasteiger partial charge is 0.496 e.